The van der Waals surface area contributed by atoms with Gasteiger partial charge in [-0.15, -0.1) is 0 Å². The van der Waals surface area contributed by atoms with Gasteiger partial charge < -0.3 is 4.57 Å². The van der Waals surface area contributed by atoms with Crippen molar-refractivity contribution in [1.29, 1.82) is 0 Å². The summed E-state index contributed by atoms with van der Waals surface area (Å²) in [6, 6.07) is 8.76. The maximum absolute atomic E-state index is 10.9. The summed E-state index contributed by atoms with van der Waals surface area (Å²) in [5, 5.41) is 12.1. The highest BCUT2D eigenvalue weighted by Crippen LogP contribution is 2.37. The maximum atomic E-state index is 10.9. The molecule has 1 fully saturated rings. The molecule has 0 N–H and O–H groups in total. The first kappa shape index (κ1) is 13.9. The number of rotatable bonds is 3. The zero-order chi connectivity index (χ0) is 15.0. The highest BCUT2D eigenvalue weighted by Gasteiger charge is 2.23. The number of nitro groups is 1. The first-order valence-corrected chi connectivity index (χ1v) is 7.52. The smallest absolute Gasteiger partial charge is 0.243 e. The lowest BCUT2D eigenvalue weighted by molar-refractivity contribution is -0.422. The van der Waals surface area contributed by atoms with Crippen molar-refractivity contribution in [3.8, 4) is 0 Å². The zero-order valence-electron chi connectivity index (χ0n) is 12.5. The third-order valence-corrected chi connectivity index (χ3v) is 4.54. The van der Waals surface area contributed by atoms with Crippen LogP contribution < -0.4 is 0 Å². The van der Waals surface area contributed by atoms with Gasteiger partial charge in [-0.1, -0.05) is 31.0 Å². The van der Waals surface area contributed by atoms with Crippen LogP contribution in [0.25, 0.3) is 17.0 Å². The van der Waals surface area contributed by atoms with E-state index in [1.165, 1.54) is 31.2 Å². The molecule has 0 saturated heterocycles. The Morgan fingerprint density at radius 2 is 2.00 bits per heavy atom. The van der Waals surface area contributed by atoms with Gasteiger partial charge in [-0.3, -0.25) is 10.1 Å². The Kier molecular flexibility index (Phi) is 3.53. The van der Waals surface area contributed by atoms with Gasteiger partial charge in [-0.25, -0.2) is 0 Å². The van der Waals surface area contributed by atoms with Gasteiger partial charge in [0.15, 0.2) is 0 Å². The van der Waals surface area contributed by atoms with Crippen LogP contribution in [0.5, 0.6) is 0 Å². The molecule has 1 aromatic carbocycles. The average molecular weight is 284 g/mol. The molecule has 2 aromatic rings. The van der Waals surface area contributed by atoms with Crippen LogP contribution in [0.4, 0.5) is 0 Å². The first-order valence-electron chi connectivity index (χ1n) is 7.52. The van der Waals surface area contributed by atoms with Crippen molar-refractivity contribution in [2.75, 3.05) is 0 Å². The lowest BCUT2D eigenvalue weighted by Gasteiger charge is -2.16. The van der Waals surface area contributed by atoms with Crippen LogP contribution in [0, 0.1) is 17.0 Å². The lowest BCUT2D eigenvalue weighted by Crippen LogP contribution is -2.06. The van der Waals surface area contributed by atoms with Gasteiger partial charge in [0.05, 0.1) is 4.92 Å². The van der Waals surface area contributed by atoms with Crippen LogP contribution >= 0.6 is 0 Å². The molecule has 110 valence electrons. The molecule has 1 aliphatic rings. The summed E-state index contributed by atoms with van der Waals surface area (Å²) in [5.41, 5.74) is 3.52. The Bertz CT molecular complexity index is 722. The van der Waals surface area contributed by atoms with Gasteiger partial charge in [0.25, 0.3) is 0 Å². The highest BCUT2D eigenvalue weighted by molar-refractivity contribution is 5.91. The second-order valence-corrected chi connectivity index (χ2v) is 5.87. The van der Waals surface area contributed by atoms with Crippen molar-refractivity contribution in [3.05, 3.63) is 51.3 Å². The fraction of sp³-hybridized carbons (Fsp3) is 0.412. The van der Waals surface area contributed by atoms with Crippen molar-refractivity contribution in [1.82, 2.24) is 4.57 Å². The molecule has 0 spiro atoms. The first-order chi connectivity index (χ1) is 10.1. The minimum atomic E-state index is -0.318. The molecule has 0 bridgehead atoms. The van der Waals surface area contributed by atoms with Gasteiger partial charge in [0.2, 0.25) is 5.70 Å². The number of benzene rings is 1. The summed E-state index contributed by atoms with van der Waals surface area (Å²) in [6.07, 6.45) is 6.67. The molecule has 0 atom stereocenters. The molecule has 21 heavy (non-hydrogen) atoms. The summed E-state index contributed by atoms with van der Waals surface area (Å²) in [7, 11) is 0. The van der Waals surface area contributed by atoms with Crippen molar-refractivity contribution < 1.29 is 4.92 Å². The Morgan fingerprint density at radius 3 is 2.67 bits per heavy atom. The van der Waals surface area contributed by atoms with Crippen LogP contribution in [0.3, 0.4) is 0 Å². The molecule has 1 aliphatic carbocycles. The van der Waals surface area contributed by atoms with Gasteiger partial charge in [0, 0.05) is 41.2 Å². The Balaban J connectivity index is 2.23. The van der Waals surface area contributed by atoms with Crippen LogP contribution in [-0.2, 0) is 0 Å². The molecular weight excluding hydrogens is 264 g/mol. The van der Waals surface area contributed by atoms with Crippen LogP contribution in [-0.4, -0.2) is 9.49 Å². The van der Waals surface area contributed by atoms with E-state index in [0.29, 0.717) is 6.04 Å². The monoisotopic (exact) mass is 284 g/mol. The SMILES string of the molecule is C/C(=C\c1c(C)n(C2CCCC2)c2ccccc12)[N+](=O)[O-]. The number of para-hydroxylation sites is 1. The molecule has 0 aliphatic heterocycles. The molecular formula is C17H20N2O2. The molecule has 4 heteroatoms. The van der Waals surface area contributed by atoms with E-state index in [2.05, 4.69) is 23.6 Å². The Hall–Kier alpha value is -2.10. The number of aromatic nitrogens is 1. The Labute approximate surface area is 124 Å². The normalized spacial score (nSPS) is 16.8. The van der Waals surface area contributed by atoms with E-state index in [-0.39, 0.29) is 10.6 Å². The lowest BCUT2D eigenvalue weighted by atomic mass is 10.1. The highest BCUT2D eigenvalue weighted by atomic mass is 16.6. The van der Waals surface area contributed by atoms with Crippen molar-refractivity contribution in [2.45, 2.75) is 45.6 Å². The summed E-state index contributed by atoms with van der Waals surface area (Å²) in [5.74, 6) is 0. The van der Waals surface area contributed by atoms with E-state index >= 15 is 0 Å². The molecule has 1 heterocycles. The number of hydrogen-bond acceptors (Lipinski definition) is 2. The summed E-state index contributed by atoms with van der Waals surface area (Å²) >= 11 is 0. The summed E-state index contributed by atoms with van der Waals surface area (Å²) in [4.78, 5) is 10.6. The van der Waals surface area contributed by atoms with Gasteiger partial charge in [-0.2, -0.15) is 0 Å². The van der Waals surface area contributed by atoms with Gasteiger partial charge in [0.1, 0.15) is 0 Å². The molecule has 3 rings (SSSR count). The van der Waals surface area contributed by atoms with E-state index in [4.69, 9.17) is 0 Å². The summed E-state index contributed by atoms with van der Waals surface area (Å²) in [6.45, 7) is 3.64. The van der Waals surface area contributed by atoms with Crippen molar-refractivity contribution in [2.24, 2.45) is 0 Å². The standard InChI is InChI=1S/C17H20N2O2/c1-12(19(20)21)11-16-13(2)18(14-7-3-4-8-14)17-10-6-5-9-15(16)17/h5-6,9-11,14H,3-4,7-8H2,1-2H3/b12-11+. The fourth-order valence-electron chi connectivity index (χ4n) is 3.49. The van der Waals surface area contributed by atoms with E-state index in [0.717, 1.165) is 16.6 Å². The third kappa shape index (κ3) is 2.35. The molecule has 1 saturated carbocycles. The van der Waals surface area contributed by atoms with Crippen LogP contribution in [0.15, 0.2) is 30.0 Å². The molecule has 0 amide bonds. The Morgan fingerprint density at radius 1 is 1.33 bits per heavy atom. The van der Waals surface area contributed by atoms with E-state index in [9.17, 15) is 10.1 Å². The molecule has 1 aromatic heterocycles. The number of hydrogen-bond donors (Lipinski definition) is 0. The van der Waals surface area contributed by atoms with E-state index in [1.807, 2.05) is 12.1 Å². The third-order valence-electron chi connectivity index (χ3n) is 4.54. The second-order valence-electron chi connectivity index (χ2n) is 5.87. The summed E-state index contributed by atoms with van der Waals surface area (Å²) < 4.78 is 2.39. The van der Waals surface area contributed by atoms with Gasteiger partial charge in [-0.05, 0) is 25.8 Å². The van der Waals surface area contributed by atoms with Crippen LogP contribution in [0.1, 0.15) is 49.9 Å². The molecule has 0 unspecified atom stereocenters. The average Bonchev–Trinajstić information content (AvgIpc) is 3.06. The molecule has 4 nitrogen and oxygen atoms in total. The largest absolute Gasteiger partial charge is 0.341 e. The molecule has 0 radical (unpaired) electrons. The van der Waals surface area contributed by atoms with Crippen molar-refractivity contribution in [3.63, 3.8) is 0 Å². The predicted molar refractivity (Wildman–Crippen MR) is 84.8 cm³/mol. The zero-order valence-corrected chi connectivity index (χ0v) is 12.5. The number of nitrogens with zero attached hydrogens (tertiary/aromatic N) is 2. The minimum absolute atomic E-state index is 0.187. The van der Waals surface area contributed by atoms with E-state index < -0.39 is 0 Å². The van der Waals surface area contributed by atoms with Crippen LogP contribution in [0.2, 0.25) is 0 Å². The van der Waals surface area contributed by atoms with Gasteiger partial charge >= 0.3 is 0 Å². The number of allylic oxidation sites excluding steroid dienone is 1. The van der Waals surface area contributed by atoms with E-state index in [1.54, 1.807) is 13.0 Å². The predicted octanol–water partition coefficient (Wildman–Crippen LogP) is 4.70. The quantitative estimate of drug-likeness (QED) is 0.605. The minimum Gasteiger partial charge on any atom is -0.341 e. The fourth-order valence-corrected chi connectivity index (χ4v) is 3.49. The maximum Gasteiger partial charge on any atom is 0.243 e. The van der Waals surface area contributed by atoms with Crippen molar-refractivity contribution >= 4 is 17.0 Å². The second kappa shape index (κ2) is 5.35. The topological polar surface area (TPSA) is 48.1 Å². The number of fused-ring (bicyclic) bond motifs is 1.